The van der Waals surface area contributed by atoms with Gasteiger partial charge in [0.15, 0.2) is 0 Å². The quantitative estimate of drug-likeness (QED) is 0.495. The molecular weight excluding hydrogens is 398 g/mol. The molecule has 0 radical (unpaired) electrons. The largest absolute Gasteiger partial charge is 0.480 e. The average molecular weight is 414 g/mol. The maximum Gasteiger partial charge on any atom is 0.226 e. The number of anilines is 1. The van der Waals surface area contributed by atoms with Crippen LogP contribution in [0.3, 0.4) is 0 Å². The number of hydrogen-bond donors (Lipinski definition) is 1. The summed E-state index contributed by atoms with van der Waals surface area (Å²) in [6.45, 7) is 0. The van der Waals surface area contributed by atoms with Crippen molar-refractivity contribution < 1.29 is 13.5 Å². The van der Waals surface area contributed by atoms with Crippen molar-refractivity contribution in [1.29, 1.82) is 0 Å². The summed E-state index contributed by atoms with van der Waals surface area (Å²) >= 11 is 0. The number of rotatable bonds is 2. The lowest BCUT2D eigenvalue weighted by Crippen LogP contribution is -2.32. The van der Waals surface area contributed by atoms with Crippen molar-refractivity contribution in [3.8, 4) is 5.75 Å². The van der Waals surface area contributed by atoms with Gasteiger partial charge in [-0.1, -0.05) is 42.5 Å². The van der Waals surface area contributed by atoms with Crippen LogP contribution in [0.25, 0.3) is 5.70 Å². The summed E-state index contributed by atoms with van der Waals surface area (Å²) in [5, 5.41) is 7.73. The first-order valence-electron chi connectivity index (χ1n) is 9.87. The Kier molecular flexibility index (Phi) is 3.89. The maximum absolute atomic E-state index is 15.0. The molecule has 3 heterocycles. The van der Waals surface area contributed by atoms with Crippen molar-refractivity contribution in [2.24, 2.45) is 0 Å². The van der Waals surface area contributed by atoms with Crippen molar-refractivity contribution >= 4 is 11.6 Å². The molecule has 1 aromatic heterocycles. The van der Waals surface area contributed by atoms with E-state index in [9.17, 15) is 4.39 Å². The van der Waals surface area contributed by atoms with Gasteiger partial charge in [0.05, 0.1) is 5.70 Å². The Balaban J connectivity index is 1.65. The standard InChI is InChI=1S/C24H16F2N4O/c25-15-11-9-14(10-12-15)23-20-21(17-6-2-4-8-19(17)31-23)29-24-27-13-28-30(24)22(20)16-5-1-3-7-18(16)26/h1-13,22-23H,(H,27,28,29)/t22-,23+/m1/s1. The van der Waals surface area contributed by atoms with Crippen LogP contribution >= 0.6 is 0 Å². The highest BCUT2D eigenvalue weighted by molar-refractivity contribution is 5.85. The van der Waals surface area contributed by atoms with Crippen LogP contribution < -0.4 is 10.1 Å². The van der Waals surface area contributed by atoms with E-state index in [1.807, 2.05) is 24.3 Å². The second-order valence-electron chi connectivity index (χ2n) is 7.45. The van der Waals surface area contributed by atoms with Crippen molar-refractivity contribution in [2.45, 2.75) is 12.1 Å². The number of ether oxygens (including phenoxy) is 1. The van der Waals surface area contributed by atoms with E-state index in [0.29, 0.717) is 17.3 Å². The molecule has 0 spiro atoms. The lowest BCUT2D eigenvalue weighted by Gasteiger charge is -2.39. The minimum atomic E-state index is -0.585. The maximum atomic E-state index is 15.0. The highest BCUT2D eigenvalue weighted by Crippen LogP contribution is 2.50. The molecule has 152 valence electrons. The van der Waals surface area contributed by atoms with Crippen LogP contribution in [0.5, 0.6) is 5.75 Å². The molecular formula is C24H16F2N4O. The third-order valence-corrected chi connectivity index (χ3v) is 5.69. The summed E-state index contributed by atoms with van der Waals surface area (Å²) in [6, 6.07) is 19.9. The van der Waals surface area contributed by atoms with Gasteiger partial charge in [0.25, 0.3) is 0 Å². The second-order valence-corrected chi connectivity index (χ2v) is 7.45. The predicted octanol–water partition coefficient (Wildman–Crippen LogP) is 5.12. The molecule has 2 aliphatic heterocycles. The molecule has 2 aliphatic rings. The van der Waals surface area contributed by atoms with Crippen LogP contribution in [0.4, 0.5) is 14.7 Å². The lowest BCUT2D eigenvalue weighted by atomic mass is 9.84. The van der Waals surface area contributed by atoms with E-state index in [1.165, 1.54) is 24.5 Å². The number of benzene rings is 3. The molecule has 0 unspecified atom stereocenters. The van der Waals surface area contributed by atoms with E-state index in [-0.39, 0.29) is 11.6 Å². The van der Waals surface area contributed by atoms with Gasteiger partial charge in [0, 0.05) is 16.7 Å². The van der Waals surface area contributed by atoms with Gasteiger partial charge in [-0.15, -0.1) is 0 Å². The van der Waals surface area contributed by atoms with E-state index < -0.39 is 12.1 Å². The molecule has 3 aromatic carbocycles. The molecule has 0 fully saturated rings. The van der Waals surface area contributed by atoms with Gasteiger partial charge in [-0.3, -0.25) is 0 Å². The molecule has 4 aromatic rings. The minimum Gasteiger partial charge on any atom is -0.480 e. The van der Waals surface area contributed by atoms with Crippen LogP contribution in [-0.2, 0) is 0 Å². The predicted molar refractivity (Wildman–Crippen MR) is 111 cm³/mol. The van der Waals surface area contributed by atoms with Crippen molar-refractivity contribution in [2.75, 3.05) is 5.32 Å². The van der Waals surface area contributed by atoms with Crippen LogP contribution in [0.1, 0.15) is 28.8 Å². The molecule has 2 atom stereocenters. The number of fused-ring (bicyclic) bond motifs is 3. The number of para-hydroxylation sites is 1. The molecule has 1 N–H and O–H groups in total. The zero-order valence-electron chi connectivity index (χ0n) is 16.2. The molecule has 7 heteroatoms. The molecule has 0 saturated heterocycles. The van der Waals surface area contributed by atoms with Gasteiger partial charge in [-0.25, -0.2) is 13.5 Å². The number of nitrogens with one attached hydrogen (secondary N) is 1. The number of hydrogen-bond acceptors (Lipinski definition) is 4. The van der Waals surface area contributed by atoms with Crippen molar-refractivity contribution in [3.05, 3.63) is 113 Å². The first-order chi connectivity index (χ1) is 15.2. The summed E-state index contributed by atoms with van der Waals surface area (Å²) in [6.07, 6.45) is 0.869. The van der Waals surface area contributed by atoms with Crippen molar-refractivity contribution in [1.82, 2.24) is 14.8 Å². The average Bonchev–Trinajstić information content (AvgIpc) is 3.27. The Hall–Kier alpha value is -4.00. The normalized spacial score (nSPS) is 19.0. The Labute approximate surface area is 176 Å². The number of nitrogens with zero attached hydrogens (tertiary/aromatic N) is 3. The molecule has 5 nitrogen and oxygen atoms in total. The van der Waals surface area contributed by atoms with E-state index >= 15 is 4.39 Å². The fourth-order valence-corrected chi connectivity index (χ4v) is 4.33. The fourth-order valence-electron chi connectivity index (χ4n) is 4.33. The first kappa shape index (κ1) is 17.8. The SMILES string of the molecule is Fc1ccc([C@@H]2Oc3ccccc3C3=C2[C@@H](c2ccccc2F)n2ncnc2N3)cc1. The van der Waals surface area contributed by atoms with Crippen LogP contribution in [-0.4, -0.2) is 14.8 Å². The summed E-state index contributed by atoms with van der Waals surface area (Å²) in [7, 11) is 0. The van der Waals surface area contributed by atoms with Gasteiger partial charge < -0.3 is 10.1 Å². The van der Waals surface area contributed by atoms with Crippen molar-refractivity contribution in [3.63, 3.8) is 0 Å². The highest BCUT2D eigenvalue weighted by atomic mass is 19.1. The second kappa shape index (κ2) is 6.77. The molecule has 0 bridgehead atoms. The van der Waals surface area contributed by atoms with Gasteiger partial charge in [-0.2, -0.15) is 10.1 Å². The molecule has 0 saturated carbocycles. The van der Waals surface area contributed by atoms with Crippen LogP contribution in [0.15, 0.2) is 84.7 Å². The topological polar surface area (TPSA) is 52.0 Å². The molecule has 0 amide bonds. The highest BCUT2D eigenvalue weighted by Gasteiger charge is 2.41. The van der Waals surface area contributed by atoms with Gasteiger partial charge in [0.1, 0.15) is 35.9 Å². The lowest BCUT2D eigenvalue weighted by molar-refractivity contribution is 0.222. The molecule has 0 aliphatic carbocycles. The Morgan fingerprint density at radius 3 is 2.52 bits per heavy atom. The van der Waals surface area contributed by atoms with E-state index in [0.717, 1.165) is 22.4 Å². The monoisotopic (exact) mass is 414 g/mol. The zero-order valence-corrected chi connectivity index (χ0v) is 16.2. The van der Waals surface area contributed by atoms with Gasteiger partial charge in [-0.05, 0) is 35.9 Å². The number of halogens is 2. The third kappa shape index (κ3) is 2.73. The Bertz CT molecular complexity index is 1330. The Morgan fingerprint density at radius 2 is 1.68 bits per heavy atom. The van der Waals surface area contributed by atoms with Crippen LogP contribution in [0, 0.1) is 11.6 Å². The van der Waals surface area contributed by atoms with E-state index in [1.54, 1.807) is 35.0 Å². The van der Waals surface area contributed by atoms with Crippen LogP contribution in [0.2, 0.25) is 0 Å². The minimum absolute atomic E-state index is 0.333. The summed E-state index contributed by atoms with van der Waals surface area (Å²) in [5.74, 6) is 0.518. The fraction of sp³-hybridized carbons (Fsp3) is 0.0833. The Morgan fingerprint density at radius 1 is 0.903 bits per heavy atom. The zero-order chi connectivity index (χ0) is 20.9. The van der Waals surface area contributed by atoms with Gasteiger partial charge >= 0.3 is 0 Å². The van der Waals surface area contributed by atoms with Gasteiger partial charge in [0.2, 0.25) is 5.95 Å². The molecule has 6 rings (SSSR count). The summed E-state index contributed by atoms with van der Waals surface area (Å²) < 4.78 is 36.7. The number of aromatic nitrogens is 3. The summed E-state index contributed by atoms with van der Waals surface area (Å²) in [4.78, 5) is 4.33. The smallest absolute Gasteiger partial charge is 0.226 e. The van der Waals surface area contributed by atoms with E-state index in [2.05, 4.69) is 15.4 Å². The summed E-state index contributed by atoms with van der Waals surface area (Å²) in [5.41, 5.74) is 3.65. The molecule has 31 heavy (non-hydrogen) atoms. The van der Waals surface area contributed by atoms with E-state index in [4.69, 9.17) is 4.74 Å². The first-order valence-corrected chi connectivity index (χ1v) is 9.87. The third-order valence-electron chi connectivity index (χ3n) is 5.69.